The van der Waals surface area contributed by atoms with Crippen LogP contribution in [0.2, 0.25) is 5.02 Å². The molecule has 0 amide bonds. The van der Waals surface area contributed by atoms with Gasteiger partial charge in [-0.05, 0) is 49.6 Å². The predicted molar refractivity (Wildman–Crippen MR) is 81.2 cm³/mol. The van der Waals surface area contributed by atoms with Crippen LogP contribution in [0, 0.1) is 11.6 Å². The summed E-state index contributed by atoms with van der Waals surface area (Å²) >= 11 is 11.9. The summed E-state index contributed by atoms with van der Waals surface area (Å²) < 4.78 is 33.5. The van der Waals surface area contributed by atoms with Crippen molar-refractivity contribution in [2.24, 2.45) is 5.73 Å². The summed E-state index contributed by atoms with van der Waals surface area (Å²) in [5.41, 5.74) is 6.08. The van der Waals surface area contributed by atoms with Crippen LogP contribution in [0.15, 0.2) is 33.2 Å². The summed E-state index contributed by atoms with van der Waals surface area (Å²) in [6.45, 7) is 0.192. The Morgan fingerprint density at radius 3 is 2.50 bits per heavy atom. The molecule has 0 radical (unpaired) electrons. The van der Waals surface area contributed by atoms with Gasteiger partial charge in [0.25, 0.3) is 0 Å². The number of halogens is 5. The summed E-state index contributed by atoms with van der Waals surface area (Å²) in [4.78, 5) is 0. The van der Waals surface area contributed by atoms with Crippen molar-refractivity contribution in [1.82, 2.24) is 0 Å². The second-order valence-electron chi connectivity index (χ2n) is 3.85. The number of rotatable bonds is 3. The van der Waals surface area contributed by atoms with Crippen molar-refractivity contribution in [3.05, 3.63) is 55.4 Å². The van der Waals surface area contributed by atoms with Gasteiger partial charge in [0.05, 0.1) is 14.0 Å². The van der Waals surface area contributed by atoms with Crippen LogP contribution in [-0.4, -0.2) is 0 Å². The summed E-state index contributed by atoms with van der Waals surface area (Å²) in [6.07, 6.45) is 0. The molecule has 0 aliphatic carbocycles. The van der Waals surface area contributed by atoms with E-state index in [-0.39, 0.29) is 27.5 Å². The van der Waals surface area contributed by atoms with Crippen molar-refractivity contribution in [3.8, 4) is 11.5 Å². The molecule has 2 aromatic rings. The van der Waals surface area contributed by atoms with Gasteiger partial charge in [-0.2, -0.15) is 0 Å². The molecule has 2 N–H and O–H groups in total. The van der Waals surface area contributed by atoms with Gasteiger partial charge in [-0.3, -0.25) is 0 Å². The number of ether oxygens (including phenoxy) is 1. The SMILES string of the molecule is NCc1ccc(Oc2cc(F)c(Cl)cc2Br)c(F)c1Br. The lowest BCUT2D eigenvalue weighted by atomic mass is 10.2. The highest BCUT2D eigenvalue weighted by atomic mass is 79.9. The van der Waals surface area contributed by atoms with Gasteiger partial charge in [0, 0.05) is 12.6 Å². The molecule has 0 bridgehead atoms. The van der Waals surface area contributed by atoms with Gasteiger partial charge in [-0.25, -0.2) is 8.78 Å². The van der Waals surface area contributed by atoms with E-state index in [1.165, 1.54) is 12.1 Å². The average Bonchev–Trinajstić information content (AvgIpc) is 2.41. The molecule has 0 aliphatic heterocycles. The van der Waals surface area contributed by atoms with E-state index in [1.54, 1.807) is 6.07 Å². The Kier molecular flexibility index (Phi) is 5.01. The van der Waals surface area contributed by atoms with Crippen LogP contribution < -0.4 is 10.5 Å². The third-order valence-electron chi connectivity index (χ3n) is 2.54. The smallest absolute Gasteiger partial charge is 0.180 e. The molecule has 0 unspecified atom stereocenters. The highest BCUT2D eigenvalue weighted by Gasteiger charge is 2.15. The minimum Gasteiger partial charge on any atom is -0.453 e. The normalized spacial score (nSPS) is 10.7. The van der Waals surface area contributed by atoms with Crippen molar-refractivity contribution >= 4 is 43.5 Å². The standard InChI is InChI=1S/C13H8Br2ClF2NO/c14-7-3-8(16)9(17)4-11(7)20-10-2-1-6(5-19)12(15)13(10)18/h1-4H,5,19H2. The fraction of sp³-hybridized carbons (Fsp3) is 0.0769. The first-order valence-corrected chi connectivity index (χ1v) is 7.39. The molecule has 0 aromatic heterocycles. The zero-order valence-corrected chi connectivity index (χ0v) is 13.8. The van der Waals surface area contributed by atoms with Crippen LogP contribution in [0.25, 0.3) is 0 Å². The second kappa shape index (κ2) is 6.39. The minimum absolute atomic E-state index is 0.0449. The first-order valence-electron chi connectivity index (χ1n) is 5.43. The number of hydrogen-bond donors (Lipinski definition) is 1. The molecule has 0 spiro atoms. The summed E-state index contributed by atoms with van der Waals surface area (Å²) in [7, 11) is 0. The van der Waals surface area contributed by atoms with Crippen LogP contribution in [0.4, 0.5) is 8.78 Å². The quantitative estimate of drug-likeness (QED) is 0.667. The predicted octanol–water partition coefficient (Wildman–Crippen LogP) is 5.39. The molecule has 7 heteroatoms. The van der Waals surface area contributed by atoms with E-state index in [0.29, 0.717) is 10.0 Å². The van der Waals surface area contributed by atoms with Crippen LogP contribution in [0.5, 0.6) is 11.5 Å². The van der Waals surface area contributed by atoms with E-state index in [9.17, 15) is 8.78 Å². The molecular formula is C13H8Br2ClF2NO. The molecule has 106 valence electrons. The van der Waals surface area contributed by atoms with Gasteiger partial charge < -0.3 is 10.5 Å². The van der Waals surface area contributed by atoms with E-state index in [2.05, 4.69) is 31.9 Å². The largest absolute Gasteiger partial charge is 0.453 e. The Morgan fingerprint density at radius 2 is 1.85 bits per heavy atom. The van der Waals surface area contributed by atoms with E-state index in [0.717, 1.165) is 6.07 Å². The maximum Gasteiger partial charge on any atom is 0.180 e. The van der Waals surface area contributed by atoms with Crippen molar-refractivity contribution in [3.63, 3.8) is 0 Å². The average molecular weight is 427 g/mol. The first kappa shape index (κ1) is 15.7. The molecule has 2 aromatic carbocycles. The highest BCUT2D eigenvalue weighted by Crippen LogP contribution is 2.36. The molecule has 0 saturated heterocycles. The van der Waals surface area contributed by atoms with Crippen LogP contribution in [0.3, 0.4) is 0 Å². The Bertz CT molecular complexity index is 667. The van der Waals surface area contributed by atoms with Gasteiger partial charge in [0.15, 0.2) is 11.6 Å². The molecule has 0 aliphatic rings. The van der Waals surface area contributed by atoms with Gasteiger partial charge in [-0.15, -0.1) is 0 Å². The van der Waals surface area contributed by atoms with Crippen molar-refractivity contribution < 1.29 is 13.5 Å². The third kappa shape index (κ3) is 3.14. The Hall–Kier alpha value is -0.690. The zero-order valence-electron chi connectivity index (χ0n) is 9.89. The first-order chi connectivity index (χ1) is 9.43. The maximum absolute atomic E-state index is 14.1. The number of nitrogens with two attached hydrogens (primary N) is 1. The van der Waals surface area contributed by atoms with E-state index < -0.39 is 11.6 Å². The summed E-state index contributed by atoms with van der Waals surface area (Å²) in [5, 5.41) is -0.0515. The summed E-state index contributed by atoms with van der Waals surface area (Å²) in [5.74, 6) is -1.17. The van der Waals surface area contributed by atoms with E-state index in [4.69, 9.17) is 22.1 Å². The fourth-order valence-electron chi connectivity index (χ4n) is 1.51. The van der Waals surface area contributed by atoms with Crippen LogP contribution in [-0.2, 0) is 6.54 Å². The van der Waals surface area contributed by atoms with Crippen LogP contribution >= 0.6 is 43.5 Å². The van der Waals surface area contributed by atoms with Gasteiger partial charge in [0.2, 0.25) is 0 Å². The lowest BCUT2D eigenvalue weighted by molar-refractivity contribution is 0.434. The lowest BCUT2D eigenvalue weighted by Gasteiger charge is -2.11. The minimum atomic E-state index is -0.650. The topological polar surface area (TPSA) is 35.2 Å². The lowest BCUT2D eigenvalue weighted by Crippen LogP contribution is -2.00. The molecular weight excluding hydrogens is 419 g/mol. The molecule has 0 heterocycles. The monoisotopic (exact) mass is 425 g/mol. The van der Waals surface area contributed by atoms with Crippen molar-refractivity contribution in [2.75, 3.05) is 0 Å². The zero-order chi connectivity index (χ0) is 14.9. The highest BCUT2D eigenvalue weighted by molar-refractivity contribution is 9.10. The second-order valence-corrected chi connectivity index (χ2v) is 5.91. The molecule has 0 fully saturated rings. The Morgan fingerprint density at radius 1 is 1.15 bits per heavy atom. The van der Waals surface area contributed by atoms with Crippen LogP contribution in [0.1, 0.15) is 5.56 Å². The van der Waals surface area contributed by atoms with Gasteiger partial charge in [0.1, 0.15) is 11.6 Å². The molecule has 0 atom stereocenters. The third-order valence-corrected chi connectivity index (χ3v) is 4.31. The van der Waals surface area contributed by atoms with E-state index in [1.807, 2.05) is 0 Å². The van der Waals surface area contributed by atoms with Crippen molar-refractivity contribution in [2.45, 2.75) is 6.54 Å². The maximum atomic E-state index is 14.1. The molecule has 2 nitrogen and oxygen atoms in total. The Balaban J connectivity index is 2.40. The number of hydrogen-bond acceptors (Lipinski definition) is 2. The number of benzene rings is 2. The Labute approximate surface area is 136 Å². The molecule has 0 saturated carbocycles. The van der Waals surface area contributed by atoms with E-state index >= 15 is 0 Å². The fourth-order valence-corrected chi connectivity index (χ4v) is 2.72. The molecule has 2 rings (SSSR count). The van der Waals surface area contributed by atoms with Gasteiger partial charge >= 0.3 is 0 Å². The van der Waals surface area contributed by atoms with Crippen molar-refractivity contribution in [1.29, 1.82) is 0 Å². The summed E-state index contributed by atoms with van der Waals surface area (Å²) in [6, 6.07) is 5.48. The van der Waals surface area contributed by atoms with Gasteiger partial charge in [-0.1, -0.05) is 17.7 Å². The molecule has 20 heavy (non-hydrogen) atoms.